The highest BCUT2D eigenvalue weighted by Crippen LogP contribution is 2.31. The molecule has 0 fully saturated rings. The Morgan fingerprint density at radius 3 is 2.67 bits per heavy atom. The summed E-state index contributed by atoms with van der Waals surface area (Å²) in [6.45, 7) is 4.73. The third-order valence-electron chi connectivity index (χ3n) is 2.92. The average Bonchev–Trinajstić information content (AvgIpc) is 2.59. The maximum Gasteiger partial charge on any atom is 0.185 e. The van der Waals surface area contributed by atoms with Gasteiger partial charge in [-0.3, -0.25) is 0 Å². The monoisotopic (exact) mass is 243 g/mol. The quantitative estimate of drug-likeness (QED) is 0.656. The van der Waals surface area contributed by atoms with Gasteiger partial charge in [-0.15, -0.1) is 0 Å². The number of hydrogen-bond donors (Lipinski definition) is 1. The van der Waals surface area contributed by atoms with Crippen molar-refractivity contribution in [1.29, 1.82) is 0 Å². The van der Waals surface area contributed by atoms with E-state index in [2.05, 4.69) is 9.97 Å². The molecule has 2 aromatic rings. The molecule has 2 rings (SSSR count). The maximum absolute atomic E-state index is 5.88. The van der Waals surface area contributed by atoms with Crippen molar-refractivity contribution < 1.29 is 4.52 Å². The summed E-state index contributed by atoms with van der Waals surface area (Å²) in [7, 11) is 4.08. The fraction of sp³-hybridized carbons (Fsp3) is 0.308. The van der Waals surface area contributed by atoms with Gasteiger partial charge in [0.25, 0.3) is 0 Å². The largest absolute Gasteiger partial charge is 0.399 e. The lowest BCUT2D eigenvalue weighted by molar-refractivity contribution is 0.393. The molecule has 0 saturated heterocycles. The molecule has 0 aliphatic rings. The number of hydrogen-bond acceptors (Lipinski definition) is 4. The minimum absolute atomic E-state index is 0.780. The zero-order valence-electron chi connectivity index (χ0n) is 11.3. The molecule has 0 saturated carbocycles. The summed E-state index contributed by atoms with van der Waals surface area (Å²) in [5.74, 6) is 0.845. The SMILES string of the molecule is BN(C)Cc1cc(N)ccc1-c1c(C)noc1C. The second-order valence-electron chi connectivity index (χ2n) is 4.85. The van der Waals surface area contributed by atoms with E-state index >= 15 is 0 Å². The van der Waals surface area contributed by atoms with Gasteiger partial charge in [0.2, 0.25) is 0 Å². The smallest absolute Gasteiger partial charge is 0.185 e. The summed E-state index contributed by atoms with van der Waals surface area (Å²) >= 11 is 0. The summed E-state index contributed by atoms with van der Waals surface area (Å²) in [4.78, 5) is 2.12. The number of anilines is 1. The third-order valence-corrected chi connectivity index (χ3v) is 2.92. The molecule has 0 atom stereocenters. The normalized spacial score (nSPS) is 11.1. The van der Waals surface area contributed by atoms with Crippen molar-refractivity contribution in [2.75, 3.05) is 12.8 Å². The molecular weight excluding hydrogens is 225 g/mol. The van der Waals surface area contributed by atoms with Gasteiger partial charge in [0, 0.05) is 17.8 Å². The first kappa shape index (κ1) is 12.7. The van der Waals surface area contributed by atoms with Crippen molar-refractivity contribution in [3.63, 3.8) is 0 Å². The number of aryl methyl sites for hydroxylation is 2. The first-order valence-electron chi connectivity index (χ1n) is 5.95. The highest BCUT2D eigenvalue weighted by molar-refractivity contribution is 6.04. The highest BCUT2D eigenvalue weighted by Gasteiger charge is 2.15. The standard InChI is InChI=1S/C13H18BN3O/c1-8-13(9(2)18-16-8)12-5-4-11(15)6-10(12)7-17(3)14/h4-6H,7,14-15H2,1-3H3. The number of nitrogen functional groups attached to an aromatic ring is 1. The second-order valence-corrected chi connectivity index (χ2v) is 4.85. The van der Waals surface area contributed by atoms with Crippen LogP contribution in [0.2, 0.25) is 0 Å². The Balaban J connectivity index is 2.56. The predicted octanol–water partition coefficient (Wildman–Crippen LogP) is 1.52. The topological polar surface area (TPSA) is 55.3 Å². The van der Waals surface area contributed by atoms with Crippen LogP contribution in [0, 0.1) is 13.8 Å². The van der Waals surface area contributed by atoms with E-state index in [-0.39, 0.29) is 0 Å². The molecule has 1 aromatic heterocycles. The van der Waals surface area contributed by atoms with E-state index in [1.807, 2.05) is 47.1 Å². The van der Waals surface area contributed by atoms with Gasteiger partial charge in [-0.1, -0.05) is 11.2 Å². The van der Waals surface area contributed by atoms with E-state index in [0.29, 0.717) is 0 Å². The molecule has 0 aliphatic heterocycles. The summed E-state index contributed by atoms with van der Waals surface area (Å²) in [5, 5.41) is 4.02. The lowest BCUT2D eigenvalue weighted by atomic mass is 9.97. The van der Waals surface area contributed by atoms with E-state index < -0.39 is 0 Å². The average molecular weight is 243 g/mol. The lowest BCUT2D eigenvalue weighted by Gasteiger charge is -2.15. The first-order valence-corrected chi connectivity index (χ1v) is 5.95. The second kappa shape index (κ2) is 4.86. The molecule has 0 spiro atoms. The first-order chi connectivity index (χ1) is 8.49. The van der Waals surface area contributed by atoms with E-state index in [4.69, 9.17) is 10.3 Å². The molecule has 18 heavy (non-hydrogen) atoms. The zero-order valence-corrected chi connectivity index (χ0v) is 11.3. The van der Waals surface area contributed by atoms with Crippen molar-refractivity contribution in [1.82, 2.24) is 9.97 Å². The Morgan fingerprint density at radius 1 is 1.39 bits per heavy atom. The minimum atomic E-state index is 0.780. The molecule has 0 unspecified atom stereocenters. The van der Waals surface area contributed by atoms with Crippen LogP contribution in [-0.2, 0) is 6.54 Å². The highest BCUT2D eigenvalue weighted by atomic mass is 16.5. The van der Waals surface area contributed by atoms with Gasteiger partial charge >= 0.3 is 0 Å². The molecular formula is C13H18BN3O. The van der Waals surface area contributed by atoms with Gasteiger partial charge in [-0.05, 0) is 44.2 Å². The fourth-order valence-corrected chi connectivity index (χ4v) is 2.20. The molecule has 0 radical (unpaired) electrons. The summed E-state index contributed by atoms with van der Waals surface area (Å²) in [5.41, 5.74) is 11.0. The van der Waals surface area contributed by atoms with Crippen LogP contribution in [0.3, 0.4) is 0 Å². The van der Waals surface area contributed by atoms with Crippen LogP contribution in [0.4, 0.5) is 5.69 Å². The fourth-order valence-electron chi connectivity index (χ4n) is 2.20. The van der Waals surface area contributed by atoms with Crippen LogP contribution in [0.5, 0.6) is 0 Å². The zero-order chi connectivity index (χ0) is 13.3. The maximum atomic E-state index is 5.88. The summed E-state index contributed by atoms with van der Waals surface area (Å²) in [6.07, 6.45) is 0. The van der Waals surface area contributed by atoms with E-state index in [9.17, 15) is 0 Å². The molecule has 94 valence electrons. The van der Waals surface area contributed by atoms with Gasteiger partial charge in [-0.25, -0.2) is 0 Å². The van der Waals surface area contributed by atoms with Gasteiger partial charge in [0.05, 0.1) is 5.69 Å². The van der Waals surface area contributed by atoms with Crippen LogP contribution >= 0.6 is 0 Å². The van der Waals surface area contributed by atoms with Crippen LogP contribution in [0.1, 0.15) is 17.0 Å². The van der Waals surface area contributed by atoms with E-state index in [1.54, 1.807) is 0 Å². The van der Waals surface area contributed by atoms with Crippen molar-refractivity contribution in [2.24, 2.45) is 0 Å². The van der Waals surface area contributed by atoms with E-state index in [0.717, 1.165) is 34.8 Å². The number of nitrogens with zero attached hydrogens (tertiary/aromatic N) is 2. The van der Waals surface area contributed by atoms with Crippen molar-refractivity contribution in [3.8, 4) is 11.1 Å². The predicted molar refractivity (Wildman–Crippen MR) is 75.8 cm³/mol. The number of benzene rings is 1. The van der Waals surface area contributed by atoms with Gasteiger partial charge in [0.15, 0.2) is 7.98 Å². The van der Waals surface area contributed by atoms with Crippen LogP contribution < -0.4 is 5.73 Å². The number of nitrogens with two attached hydrogens (primary N) is 1. The molecule has 5 heteroatoms. The molecule has 2 N–H and O–H groups in total. The number of aromatic nitrogens is 1. The Bertz CT molecular complexity index is 544. The van der Waals surface area contributed by atoms with Crippen molar-refractivity contribution in [2.45, 2.75) is 20.4 Å². The molecule has 0 amide bonds. The summed E-state index contributed by atoms with van der Waals surface area (Å²) in [6, 6.07) is 5.97. The molecule has 0 bridgehead atoms. The molecule has 1 aromatic carbocycles. The van der Waals surface area contributed by atoms with E-state index in [1.165, 1.54) is 5.56 Å². The molecule has 4 nitrogen and oxygen atoms in total. The third kappa shape index (κ3) is 2.41. The van der Waals surface area contributed by atoms with Crippen LogP contribution in [0.15, 0.2) is 22.7 Å². The van der Waals surface area contributed by atoms with Crippen molar-refractivity contribution >= 4 is 13.7 Å². The Kier molecular flexibility index (Phi) is 3.43. The Labute approximate surface area is 108 Å². The van der Waals surface area contributed by atoms with Gasteiger partial charge < -0.3 is 15.1 Å². The van der Waals surface area contributed by atoms with Crippen LogP contribution in [-0.4, -0.2) is 25.0 Å². The Morgan fingerprint density at radius 2 is 2.11 bits per heavy atom. The Hall–Kier alpha value is -1.75. The number of rotatable bonds is 3. The minimum Gasteiger partial charge on any atom is -0.399 e. The van der Waals surface area contributed by atoms with Crippen LogP contribution in [0.25, 0.3) is 11.1 Å². The summed E-state index contributed by atoms with van der Waals surface area (Å²) < 4.78 is 5.25. The van der Waals surface area contributed by atoms with Crippen molar-refractivity contribution in [3.05, 3.63) is 35.2 Å². The van der Waals surface area contributed by atoms with Gasteiger partial charge in [0.1, 0.15) is 5.76 Å². The lowest BCUT2D eigenvalue weighted by Crippen LogP contribution is -2.14. The van der Waals surface area contributed by atoms with Gasteiger partial charge in [-0.2, -0.15) is 0 Å². The molecule has 1 heterocycles. The molecule has 0 aliphatic carbocycles.